The smallest absolute Gasteiger partial charge is 0.267 e. The molecule has 0 saturated heterocycles. The van der Waals surface area contributed by atoms with Gasteiger partial charge in [-0.05, 0) is 37.8 Å². The maximum atomic E-state index is 14.8. The number of hydrogen-bond donors (Lipinski definition) is 0. The largest absolute Gasteiger partial charge is 0.442 e. The third kappa shape index (κ3) is 2.77. The summed E-state index contributed by atoms with van der Waals surface area (Å²) >= 11 is 0. The fourth-order valence-electron chi connectivity index (χ4n) is 3.73. The normalized spacial score (nSPS) is 36.2. The van der Waals surface area contributed by atoms with Crippen molar-refractivity contribution in [1.82, 2.24) is 0 Å². The van der Waals surface area contributed by atoms with E-state index < -0.39 is 17.7 Å². The van der Waals surface area contributed by atoms with Crippen LogP contribution in [0.4, 0.5) is 0 Å². The molecule has 132 valence electrons. The lowest BCUT2D eigenvalue weighted by Crippen LogP contribution is -2.45. The van der Waals surface area contributed by atoms with Crippen molar-refractivity contribution in [2.24, 2.45) is 11.8 Å². The van der Waals surface area contributed by atoms with Crippen molar-refractivity contribution >= 4 is 7.37 Å². The fraction of sp³-hybridized carbons (Fsp3) is 0.364. The predicted octanol–water partition coefficient (Wildman–Crippen LogP) is 6.39. The highest BCUT2D eigenvalue weighted by Gasteiger charge is 2.60. The molecule has 0 fully saturated rings. The van der Waals surface area contributed by atoms with Crippen molar-refractivity contribution in [3.05, 3.63) is 78.9 Å². The first kappa shape index (κ1) is 18.0. The first-order valence-electron chi connectivity index (χ1n) is 8.90. The van der Waals surface area contributed by atoms with Crippen LogP contribution in [0.2, 0.25) is 0 Å². The van der Waals surface area contributed by atoms with Crippen LogP contribution in [-0.4, -0.2) is 10.3 Å². The first-order chi connectivity index (χ1) is 11.8. The van der Waals surface area contributed by atoms with Gasteiger partial charge in [-0.2, -0.15) is 0 Å². The van der Waals surface area contributed by atoms with E-state index in [1.54, 1.807) is 0 Å². The molecule has 3 heteroatoms. The van der Waals surface area contributed by atoms with Gasteiger partial charge in [-0.15, -0.1) is 0 Å². The minimum atomic E-state index is -3.20. The van der Waals surface area contributed by atoms with Crippen LogP contribution in [0.5, 0.6) is 5.75 Å². The van der Waals surface area contributed by atoms with Gasteiger partial charge in [0.25, 0.3) is 7.37 Å². The van der Waals surface area contributed by atoms with Crippen LogP contribution in [0, 0.1) is 11.8 Å². The van der Waals surface area contributed by atoms with Crippen LogP contribution in [-0.2, 0) is 4.57 Å². The predicted molar refractivity (Wildman–Crippen MR) is 106 cm³/mol. The molecule has 0 bridgehead atoms. The van der Waals surface area contributed by atoms with Gasteiger partial charge in [-0.25, -0.2) is 0 Å². The average molecular weight is 354 g/mol. The molecule has 2 aliphatic carbocycles. The second-order valence-corrected chi connectivity index (χ2v) is 10.7. The molecule has 2 aliphatic rings. The van der Waals surface area contributed by atoms with Crippen molar-refractivity contribution in [2.45, 2.75) is 38.0 Å². The lowest BCUT2D eigenvalue weighted by Gasteiger charge is -2.49. The molecule has 0 heterocycles. The van der Waals surface area contributed by atoms with E-state index in [1.807, 2.05) is 54.6 Å². The number of rotatable bonds is 4. The van der Waals surface area contributed by atoms with E-state index in [0.29, 0.717) is 5.75 Å². The Morgan fingerprint density at radius 2 is 1.32 bits per heavy atom. The lowest BCUT2D eigenvalue weighted by atomic mass is 9.89. The topological polar surface area (TPSA) is 26.3 Å². The highest BCUT2D eigenvalue weighted by molar-refractivity contribution is 7.63. The van der Waals surface area contributed by atoms with Crippen molar-refractivity contribution in [3.63, 3.8) is 0 Å². The number of allylic oxidation sites excluding steroid dienone is 8. The average Bonchev–Trinajstić information content (AvgIpc) is 2.61. The van der Waals surface area contributed by atoms with Crippen LogP contribution < -0.4 is 4.52 Å². The molecule has 0 aliphatic heterocycles. The van der Waals surface area contributed by atoms with Crippen LogP contribution >= 0.6 is 7.37 Å². The summed E-state index contributed by atoms with van der Waals surface area (Å²) in [6, 6.07) is 9.56. The molecule has 0 saturated carbocycles. The Morgan fingerprint density at radius 3 is 1.76 bits per heavy atom. The van der Waals surface area contributed by atoms with Gasteiger partial charge in [-0.1, -0.05) is 80.7 Å². The van der Waals surface area contributed by atoms with Crippen molar-refractivity contribution in [2.75, 3.05) is 0 Å². The monoisotopic (exact) mass is 354 g/mol. The number of hydrogen-bond acceptors (Lipinski definition) is 2. The summed E-state index contributed by atoms with van der Waals surface area (Å²) in [5.74, 6) is 0.907. The van der Waals surface area contributed by atoms with Gasteiger partial charge in [0.2, 0.25) is 0 Å². The highest BCUT2D eigenvalue weighted by Crippen LogP contribution is 2.73. The first-order valence-corrected chi connectivity index (χ1v) is 10.5. The summed E-state index contributed by atoms with van der Waals surface area (Å²) in [6.07, 6.45) is 16.4. The van der Waals surface area contributed by atoms with E-state index in [4.69, 9.17) is 4.52 Å². The van der Waals surface area contributed by atoms with Gasteiger partial charge in [-0.3, -0.25) is 4.57 Å². The van der Waals surface area contributed by atoms with Gasteiger partial charge < -0.3 is 4.52 Å². The second-order valence-electron chi connectivity index (χ2n) is 7.47. The van der Waals surface area contributed by atoms with E-state index in [0.717, 1.165) is 0 Å². The minimum Gasteiger partial charge on any atom is -0.442 e. The van der Waals surface area contributed by atoms with Gasteiger partial charge in [0.1, 0.15) is 5.75 Å². The molecule has 0 N–H and O–H groups in total. The van der Waals surface area contributed by atoms with Crippen LogP contribution in [0.1, 0.15) is 27.7 Å². The molecule has 0 radical (unpaired) electrons. The molecule has 1 aromatic carbocycles. The Bertz CT molecular complexity index is 746. The molecule has 25 heavy (non-hydrogen) atoms. The Balaban J connectivity index is 2.17. The quantitative estimate of drug-likeness (QED) is 0.586. The second kappa shape index (κ2) is 6.50. The summed E-state index contributed by atoms with van der Waals surface area (Å²) in [7, 11) is -3.20. The van der Waals surface area contributed by atoms with Crippen molar-refractivity contribution < 1.29 is 9.09 Å². The van der Waals surface area contributed by atoms with E-state index in [1.165, 1.54) is 0 Å². The van der Waals surface area contributed by atoms with Crippen LogP contribution in [0.15, 0.2) is 78.9 Å². The summed E-state index contributed by atoms with van der Waals surface area (Å²) in [5, 5.41) is -1.15. The number of benzene rings is 1. The molecule has 0 amide bonds. The standard InChI is InChI=1S/C22H27O2P/c1-18-12-8-10-16-21(18,3)25(23,24-20-14-6-5-7-15-20)22(4)17-11-9-13-19(22)2/h5-19H,1-4H3. The van der Waals surface area contributed by atoms with Gasteiger partial charge >= 0.3 is 0 Å². The van der Waals surface area contributed by atoms with Crippen LogP contribution in [0.3, 0.4) is 0 Å². The van der Waals surface area contributed by atoms with Gasteiger partial charge in [0.05, 0.1) is 10.3 Å². The summed E-state index contributed by atoms with van der Waals surface area (Å²) in [4.78, 5) is 0. The molecule has 0 spiro atoms. The summed E-state index contributed by atoms with van der Waals surface area (Å²) in [5.41, 5.74) is 0. The zero-order chi connectivity index (χ0) is 18.1. The van der Waals surface area contributed by atoms with E-state index in [2.05, 4.69) is 52.0 Å². The lowest BCUT2D eigenvalue weighted by molar-refractivity contribution is 0.382. The maximum absolute atomic E-state index is 14.8. The highest BCUT2D eigenvalue weighted by atomic mass is 31.2. The number of para-hydroxylation sites is 1. The van der Waals surface area contributed by atoms with Crippen LogP contribution in [0.25, 0.3) is 0 Å². The summed E-state index contributed by atoms with van der Waals surface area (Å²) < 4.78 is 21.2. The van der Waals surface area contributed by atoms with E-state index in [-0.39, 0.29) is 11.8 Å². The Morgan fingerprint density at radius 1 is 0.840 bits per heavy atom. The molecule has 1 aromatic rings. The third-order valence-corrected chi connectivity index (χ3v) is 10.1. The Labute approximate surface area is 151 Å². The fourth-order valence-corrected chi connectivity index (χ4v) is 7.39. The SMILES string of the molecule is CC1C=CC=CC1(C)P(=O)(Oc1ccccc1)C1(C)C=CC=CC1C. The minimum absolute atomic E-state index is 0.121. The van der Waals surface area contributed by atoms with E-state index in [9.17, 15) is 4.57 Å². The molecule has 4 unspecified atom stereocenters. The molecular formula is C22H27O2P. The molecule has 2 nitrogen and oxygen atoms in total. The van der Waals surface area contributed by atoms with Gasteiger partial charge in [0.15, 0.2) is 0 Å². The maximum Gasteiger partial charge on any atom is 0.267 e. The third-order valence-electron chi connectivity index (χ3n) is 5.98. The Kier molecular flexibility index (Phi) is 4.68. The molecule has 4 atom stereocenters. The van der Waals surface area contributed by atoms with E-state index >= 15 is 0 Å². The zero-order valence-electron chi connectivity index (χ0n) is 15.4. The van der Waals surface area contributed by atoms with Gasteiger partial charge in [0, 0.05) is 0 Å². The Hall–Kier alpha value is -1.79. The molecule has 0 aromatic heterocycles. The molecule has 3 rings (SSSR count). The van der Waals surface area contributed by atoms with Crippen molar-refractivity contribution in [3.8, 4) is 5.75 Å². The molecular weight excluding hydrogens is 327 g/mol. The summed E-state index contributed by atoms with van der Waals surface area (Å²) in [6.45, 7) is 8.39. The van der Waals surface area contributed by atoms with Crippen molar-refractivity contribution in [1.29, 1.82) is 0 Å². The zero-order valence-corrected chi connectivity index (χ0v) is 16.3.